The molecule has 0 saturated heterocycles. The zero-order valence-electron chi connectivity index (χ0n) is 56.8. The smallest absolute Gasteiger partial charge is 0.252 e. The van der Waals surface area contributed by atoms with Crippen LogP contribution < -0.4 is 57.3 Å². The molecule has 4 aliphatic heterocycles. The van der Waals surface area contributed by atoms with E-state index in [0.717, 1.165) is 130 Å². The molecular weight excluding hydrogens is 1280 g/mol. The van der Waals surface area contributed by atoms with E-state index in [2.05, 4.69) is 419 Å². The summed E-state index contributed by atoms with van der Waals surface area (Å²) in [6.45, 7) is -0.332. The highest BCUT2D eigenvalue weighted by Crippen LogP contribution is 2.55. The van der Waals surface area contributed by atoms with Gasteiger partial charge in [0.05, 0.1) is 17.1 Å². The maximum atomic E-state index is 2.64. The van der Waals surface area contributed by atoms with E-state index in [1.165, 1.54) is 42.6 Å². The van der Waals surface area contributed by atoms with E-state index in [-0.39, 0.29) is 13.4 Å². The van der Waals surface area contributed by atoms with Crippen LogP contribution >= 0.6 is 11.8 Å². The Balaban J connectivity index is 0.886. The molecule has 4 heterocycles. The first-order chi connectivity index (χ1) is 51.7. The first-order valence-electron chi connectivity index (χ1n) is 35.8. The van der Waals surface area contributed by atoms with Crippen molar-refractivity contribution >= 4 is 143 Å². The molecule has 0 saturated carbocycles. The normalized spacial score (nSPS) is 12.7. The molecule has 0 unspecified atom stereocenters. The minimum Gasteiger partial charge on any atom is -0.311 e. The van der Waals surface area contributed by atoms with Gasteiger partial charge in [0.25, 0.3) is 6.71 Å². The minimum absolute atomic E-state index is 0.135. The third kappa shape index (κ3) is 10.1. The molecule has 104 heavy (non-hydrogen) atoms. The Morgan fingerprint density at radius 2 is 0.538 bits per heavy atom. The van der Waals surface area contributed by atoms with Crippen molar-refractivity contribution in [2.75, 3.05) is 24.5 Å². The predicted molar refractivity (Wildman–Crippen MR) is 441 cm³/mol. The number of fused-ring (bicyclic) bond motifs is 8. The van der Waals surface area contributed by atoms with Crippen molar-refractivity contribution in [2.45, 2.75) is 9.79 Å². The van der Waals surface area contributed by atoms with Crippen LogP contribution in [0.2, 0.25) is 0 Å². The van der Waals surface area contributed by atoms with E-state index >= 15 is 0 Å². The van der Waals surface area contributed by atoms with Gasteiger partial charge < -0.3 is 24.5 Å². The second-order valence-corrected chi connectivity index (χ2v) is 28.1. The van der Waals surface area contributed by atoms with Gasteiger partial charge in [0.2, 0.25) is 6.71 Å². The van der Waals surface area contributed by atoms with Crippen LogP contribution in [0.3, 0.4) is 0 Å². The summed E-state index contributed by atoms with van der Waals surface area (Å²) in [5.41, 5.74) is 33.1. The molecule has 0 spiro atoms. The van der Waals surface area contributed by atoms with Crippen molar-refractivity contribution in [3.8, 4) is 44.5 Å². The maximum absolute atomic E-state index is 2.64. The van der Waals surface area contributed by atoms with Crippen LogP contribution in [-0.2, 0) is 0 Å². The average Bonchev–Trinajstić information content (AvgIpc) is 0.682. The van der Waals surface area contributed by atoms with Gasteiger partial charge in [-0.25, -0.2) is 0 Å². The topological polar surface area (TPSA) is 16.2 Å². The summed E-state index contributed by atoms with van der Waals surface area (Å²) in [5.74, 6) is 0. The van der Waals surface area contributed by atoms with Crippen molar-refractivity contribution in [1.82, 2.24) is 0 Å². The molecule has 0 radical (unpaired) electrons. The zero-order chi connectivity index (χ0) is 68.6. The molecule has 0 aromatic heterocycles. The molecule has 5 nitrogen and oxygen atoms in total. The lowest BCUT2D eigenvalue weighted by Gasteiger charge is -2.47. The van der Waals surface area contributed by atoms with Crippen molar-refractivity contribution in [1.29, 1.82) is 0 Å². The van der Waals surface area contributed by atoms with Gasteiger partial charge in [0.1, 0.15) is 0 Å². The Morgan fingerprint density at radius 3 is 0.962 bits per heavy atom. The van der Waals surface area contributed by atoms with Crippen molar-refractivity contribution in [3.63, 3.8) is 0 Å². The van der Waals surface area contributed by atoms with E-state index < -0.39 is 0 Å². The van der Waals surface area contributed by atoms with Crippen molar-refractivity contribution in [2.24, 2.45) is 0 Å². The number of anilines is 15. The fraction of sp³-hybridized carbons (Fsp3) is 0. The van der Waals surface area contributed by atoms with Gasteiger partial charge in [0.15, 0.2) is 0 Å². The number of hydrogen-bond acceptors (Lipinski definition) is 6. The van der Waals surface area contributed by atoms with Crippen molar-refractivity contribution < 1.29 is 0 Å². The lowest BCUT2D eigenvalue weighted by atomic mass is 9.30. The SMILES string of the molecule is c1ccc(-c2cccc(-c3ccccc3)c2N(c2ccccc2)c2cc3c4c(c2)N(c2ccccc2)c2cc5c(cc2B4c2ccccc2S3)B2c3ccccc3N(c3ccccc3)c3cc(N(c4ccccc4)c4c(-c6ccccc6)cccc4-c4ccccc4)cc(c32)N5c2ccccc2)cc1. The molecule has 4 aliphatic rings. The molecular formula is C96H65B2N5S. The van der Waals surface area contributed by atoms with E-state index in [4.69, 9.17) is 0 Å². The summed E-state index contributed by atoms with van der Waals surface area (Å²) in [6.07, 6.45) is 0. The fourth-order valence-corrected chi connectivity index (χ4v) is 18.1. The monoisotopic (exact) mass is 1340 g/mol. The summed E-state index contributed by atoms with van der Waals surface area (Å²) in [6, 6.07) is 146. The zero-order valence-corrected chi connectivity index (χ0v) is 57.6. The molecule has 486 valence electrons. The lowest BCUT2D eigenvalue weighted by Crippen LogP contribution is -2.64. The molecule has 0 fully saturated rings. The molecule has 0 amide bonds. The molecule has 0 atom stereocenters. The summed E-state index contributed by atoms with van der Waals surface area (Å²) in [5, 5.41) is 0. The minimum atomic E-state index is -0.198. The Bertz CT molecular complexity index is 5800. The number of hydrogen-bond donors (Lipinski definition) is 0. The lowest BCUT2D eigenvalue weighted by molar-refractivity contribution is 1.21. The highest BCUT2D eigenvalue weighted by Gasteiger charge is 2.48. The maximum Gasteiger partial charge on any atom is 0.252 e. The Hall–Kier alpha value is -13.0. The quantitative estimate of drug-likeness (QED) is 0.106. The third-order valence-corrected chi connectivity index (χ3v) is 22.3. The summed E-state index contributed by atoms with van der Waals surface area (Å²) in [7, 11) is 0. The van der Waals surface area contributed by atoms with Crippen LogP contribution in [0.25, 0.3) is 44.5 Å². The summed E-state index contributed by atoms with van der Waals surface area (Å²) >= 11 is 1.90. The molecule has 8 heteroatoms. The Labute approximate surface area is 612 Å². The number of rotatable bonds is 13. The van der Waals surface area contributed by atoms with Crippen LogP contribution in [0.1, 0.15) is 0 Å². The fourth-order valence-electron chi connectivity index (χ4n) is 16.9. The van der Waals surface area contributed by atoms with Gasteiger partial charge in [-0.1, -0.05) is 308 Å². The second kappa shape index (κ2) is 25.6. The summed E-state index contributed by atoms with van der Waals surface area (Å²) in [4.78, 5) is 15.3. The van der Waals surface area contributed by atoms with Gasteiger partial charge in [0, 0.05) is 100 Å². The molecule has 0 bridgehead atoms. The third-order valence-electron chi connectivity index (χ3n) is 21.2. The van der Waals surface area contributed by atoms with Crippen LogP contribution in [0.15, 0.2) is 404 Å². The first kappa shape index (κ1) is 60.9. The number of benzene rings is 16. The molecule has 16 aromatic carbocycles. The highest BCUT2D eigenvalue weighted by atomic mass is 32.2. The van der Waals surface area contributed by atoms with Crippen LogP contribution in [0.5, 0.6) is 0 Å². The van der Waals surface area contributed by atoms with Gasteiger partial charge >= 0.3 is 0 Å². The Kier molecular flexibility index (Phi) is 15.0. The first-order valence-corrected chi connectivity index (χ1v) is 36.6. The van der Waals surface area contributed by atoms with E-state index in [9.17, 15) is 0 Å². The second-order valence-electron chi connectivity index (χ2n) is 27.0. The average molecular weight is 1340 g/mol. The van der Waals surface area contributed by atoms with E-state index in [1.54, 1.807) is 0 Å². The van der Waals surface area contributed by atoms with Crippen LogP contribution in [0, 0.1) is 0 Å². The molecule has 16 aromatic rings. The van der Waals surface area contributed by atoms with Gasteiger partial charge in [-0.3, -0.25) is 0 Å². The number of para-hydroxylation sites is 8. The van der Waals surface area contributed by atoms with Gasteiger partial charge in [-0.05, 0) is 153 Å². The van der Waals surface area contributed by atoms with Crippen LogP contribution in [0.4, 0.5) is 85.3 Å². The largest absolute Gasteiger partial charge is 0.311 e. The number of nitrogens with zero attached hydrogens (tertiary/aromatic N) is 5. The van der Waals surface area contributed by atoms with Crippen molar-refractivity contribution in [3.05, 3.63) is 394 Å². The molecule has 0 N–H and O–H groups in total. The van der Waals surface area contributed by atoms with Gasteiger partial charge in [-0.2, -0.15) is 0 Å². The van der Waals surface area contributed by atoms with E-state index in [1.807, 2.05) is 11.8 Å². The Morgan fingerprint density at radius 1 is 0.212 bits per heavy atom. The van der Waals surface area contributed by atoms with Gasteiger partial charge in [-0.15, -0.1) is 0 Å². The standard InChI is InChI=1S/C96H65B2N5S/c1-10-34-66(35-11-1)77-52-32-53-78(67-36-12-2-13-37-67)95(77)99(70-42-18-5-19-43-70)75-60-88-93-89(61-75)102(73-48-24-8-25-49-73)86-65-87-84(64-83(86)97(93)81-56-28-30-58-85(81)101(88)72-46-22-7-23-47-72)98-82-57-29-31-59-91(82)104-92-63-76(62-90(94(92)98)103(87)74-50-26-9-27-51-74)100(71-44-20-6-21-45-71)96-79(68-38-14-3-15-39-68)54-33-55-80(96)69-40-16-4-17-41-69/h1-65H. The molecule has 0 aliphatic carbocycles. The molecule has 20 rings (SSSR count). The van der Waals surface area contributed by atoms with E-state index in [0.29, 0.717) is 0 Å². The summed E-state index contributed by atoms with van der Waals surface area (Å²) < 4.78 is 0. The predicted octanol–water partition coefficient (Wildman–Crippen LogP) is 22.1. The van der Waals surface area contributed by atoms with Crippen LogP contribution in [-0.4, -0.2) is 13.4 Å². The highest BCUT2D eigenvalue weighted by molar-refractivity contribution is 8.00.